The predicted octanol–water partition coefficient (Wildman–Crippen LogP) is 3.98. The number of fused-ring (bicyclic) bond motifs is 1. The van der Waals surface area contributed by atoms with Gasteiger partial charge in [-0.05, 0) is 37.7 Å². The summed E-state index contributed by atoms with van der Waals surface area (Å²) >= 11 is 0. The van der Waals surface area contributed by atoms with E-state index in [0.29, 0.717) is 11.6 Å². The number of rotatable bonds is 5. The van der Waals surface area contributed by atoms with E-state index in [4.69, 9.17) is 4.74 Å². The fourth-order valence-corrected chi connectivity index (χ4v) is 4.00. The number of halogens is 3. The van der Waals surface area contributed by atoms with E-state index < -0.39 is 11.9 Å². The number of likely N-dealkylation sites (N-methyl/N-ethyl adjacent to an activating group) is 1. The lowest BCUT2D eigenvalue weighted by Crippen LogP contribution is -2.21. The Morgan fingerprint density at radius 2 is 1.97 bits per heavy atom. The Morgan fingerprint density at radius 3 is 2.73 bits per heavy atom. The van der Waals surface area contributed by atoms with Gasteiger partial charge in [-0.15, -0.1) is 0 Å². The molecule has 33 heavy (non-hydrogen) atoms. The molecule has 0 bridgehead atoms. The highest BCUT2D eigenvalue weighted by Gasteiger charge is 2.32. The van der Waals surface area contributed by atoms with Gasteiger partial charge in [0.1, 0.15) is 23.3 Å². The quantitative estimate of drug-likeness (QED) is 0.489. The molecule has 1 fully saturated rings. The van der Waals surface area contributed by atoms with Crippen molar-refractivity contribution in [3.8, 4) is 17.0 Å². The van der Waals surface area contributed by atoms with Crippen molar-refractivity contribution in [1.82, 2.24) is 29.3 Å². The number of nitrogens with zero attached hydrogens (tertiary/aromatic N) is 6. The first-order valence-corrected chi connectivity index (χ1v) is 10.4. The fourth-order valence-electron chi connectivity index (χ4n) is 4.00. The van der Waals surface area contributed by atoms with E-state index in [2.05, 4.69) is 32.4 Å². The van der Waals surface area contributed by atoms with Crippen LogP contribution in [-0.2, 0) is 13.2 Å². The number of hydrogen-bond donors (Lipinski definition) is 1. The molecule has 5 rings (SSSR count). The van der Waals surface area contributed by atoms with E-state index in [0.717, 1.165) is 42.4 Å². The third-order valence-electron chi connectivity index (χ3n) is 5.58. The summed E-state index contributed by atoms with van der Waals surface area (Å²) in [6.07, 6.45) is 0.0797. The largest absolute Gasteiger partial charge is 0.485 e. The molecule has 4 aromatic rings. The molecule has 172 valence electrons. The van der Waals surface area contributed by atoms with Gasteiger partial charge >= 0.3 is 6.18 Å². The average Bonchev–Trinajstić information content (AvgIpc) is 3.45. The van der Waals surface area contributed by atoms with Gasteiger partial charge in [0.05, 0.1) is 11.7 Å². The van der Waals surface area contributed by atoms with Crippen LogP contribution in [0, 0.1) is 0 Å². The van der Waals surface area contributed by atoms with Crippen molar-refractivity contribution in [3.63, 3.8) is 0 Å². The molecule has 0 amide bonds. The van der Waals surface area contributed by atoms with Crippen LogP contribution in [0.15, 0.2) is 48.8 Å². The molecule has 1 aliphatic heterocycles. The van der Waals surface area contributed by atoms with E-state index in [-0.39, 0.29) is 11.9 Å². The van der Waals surface area contributed by atoms with Crippen molar-refractivity contribution in [2.24, 2.45) is 7.05 Å². The molecule has 1 aliphatic rings. The molecule has 8 nitrogen and oxygen atoms in total. The first-order valence-electron chi connectivity index (χ1n) is 10.4. The average molecular weight is 457 g/mol. The van der Waals surface area contributed by atoms with Gasteiger partial charge < -0.3 is 15.0 Å². The van der Waals surface area contributed by atoms with Crippen LogP contribution in [0.25, 0.3) is 16.8 Å². The molecule has 5 heterocycles. The Labute approximate surface area is 187 Å². The topological polar surface area (TPSA) is 72.5 Å². The van der Waals surface area contributed by atoms with Gasteiger partial charge in [0.25, 0.3) is 0 Å². The van der Waals surface area contributed by atoms with Gasteiger partial charge in [0, 0.05) is 38.0 Å². The summed E-state index contributed by atoms with van der Waals surface area (Å²) in [7, 11) is 3.93. The summed E-state index contributed by atoms with van der Waals surface area (Å²) in [6.45, 7) is 1.87. The maximum atomic E-state index is 12.9. The third kappa shape index (κ3) is 4.36. The van der Waals surface area contributed by atoms with Crippen molar-refractivity contribution >= 4 is 17.2 Å². The zero-order chi connectivity index (χ0) is 23.2. The Hall–Kier alpha value is -3.60. The maximum Gasteiger partial charge on any atom is 0.433 e. The highest BCUT2D eigenvalue weighted by atomic mass is 19.4. The summed E-state index contributed by atoms with van der Waals surface area (Å²) in [5.74, 6) is 1.17. The summed E-state index contributed by atoms with van der Waals surface area (Å²) in [5, 5.41) is 11.6. The Balaban J connectivity index is 1.41. The summed E-state index contributed by atoms with van der Waals surface area (Å²) in [6, 6.07) is 9.27. The minimum absolute atomic E-state index is 0.0670. The van der Waals surface area contributed by atoms with E-state index in [1.807, 2.05) is 19.2 Å². The molecule has 1 N–H and O–H groups in total. The second kappa shape index (κ2) is 8.07. The monoisotopic (exact) mass is 457 g/mol. The molecule has 0 aromatic carbocycles. The predicted molar refractivity (Wildman–Crippen MR) is 116 cm³/mol. The van der Waals surface area contributed by atoms with Gasteiger partial charge in [-0.3, -0.25) is 4.68 Å². The summed E-state index contributed by atoms with van der Waals surface area (Å²) in [4.78, 5) is 5.86. The number of hydrogen-bond acceptors (Lipinski definition) is 6. The number of likely N-dealkylation sites (tertiary alicyclic amines) is 1. The van der Waals surface area contributed by atoms with Crippen molar-refractivity contribution in [2.75, 3.05) is 25.5 Å². The molecule has 0 saturated carbocycles. The lowest BCUT2D eigenvalue weighted by Gasteiger charge is -2.14. The van der Waals surface area contributed by atoms with Crippen LogP contribution in [0.1, 0.15) is 12.1 Å². The first kappa shape index (κ1) is 21.3. The fraction of sp³-hybridized carbons (Fsp3) is 0.318. The standard InChI is InChI=1S/C22H22F3N7O/c1-30-8-7-16(13-30)33-17-12-26-31(2)21(17)14-6-9-32-15(10-14)11-20(29-32)28-19-5-3-4-18(27-19)22(23,24)25/h3-6,9-12,16H,7-8,13H2,1-2H3,(H,27,28,29)/t16-/m0/s1. The number of ether oxygens (including phenoxy) is 1. The highest BCUT2D eigenvalue weighted by molar-refractivity contribution is 5.72. The highest BCUT2D eigenvalue weighted by Crippen LogP contribution is 2.33. The molecule has 1 atom stereocenters. The number of aromatic nitrogens is 5. The van der Waals surface area contributed by atoms with Crippen LogP contribution >= 0.6 is 0 Å². The van der Waals surface area contributed by atoms with Crippen molar-refractivity contribution in [2.45, 2.75) is 18.7 Å². The summed E-state index contributed by atoms with van der Waals surface area (Å²) in [5.41, 5.74) is 1.54. The van der Waals surface area contributed by atoms with Crippen LogP contribution in [0.3, 0.4) is 0 Å². The minimum Gasteiger partial charge on any atom is -0.485 e. The van der Waals surface area contributed by atoms with E-state index in [1.54, 1.807) is 27.7 Å². The Bertz CT molecular complexity index is 1300. The summed E-state index contributed by atoms with van der Waals surface area (Å²) < 4.78 is 48.4. The normalized spacial score (nSPS) is 17.1. The van der Waals surface area contributed by atoms with Crippen LogP contribution in [0.5, 0.6) is 5.75 Å². The van der Waals surface area contributed by atoms with Crippen molar-refractivity contribution in [1.29, 1.82) is 0 Å². The first-order chi connectivity index (χ1) is 15.8. The maximum absolute atomic E-state index is 12.9. The van der Waals surface area contributed by atoms with E-state index in [1.165, 1.54) is 12.1 Å². The number of alkyl halides is 3. The van der Waals surface area contributed by atoms with Crippen molar-refractivity contribution < 1.29 is 17.9 Å². The van der Waals surface area contributed by atoms with Crippen LogP contribution in [0.4, 0.5) is 24.8 Å². The van der Waals surface area contributed by atoms with Crippen LogP contribution in [0.2, 0.25) is 0 Å². The molecule has 0 spiro atoms. The second-order valence-electron chi connectivity index (χ2n) is 8.12. The van der Waals surface area contributed by atoms with E-state index >= 15 is 0 Å². The molecule has 0 unspecified atom stereocenters. The smallest absolute Gasteiger partial charge is 0.433 e. The van der Waals surface area contributed by atoms with Gasteiger partial charge in [0.15, 0.2) is 11.6 Å². The molecule has 0 radical (unpaired) electrons. The minimum atomic E-state index is -4.51. The van der Waals surface area contributed by atoms with Gasteiger partial charge in [-0.25, -0.2) is 9.50 Å². The number of anilines is 2. The van der Waals surface area contributed by atoms with Gasteiger partial charge in [-0.1, -0.05) is 6.07 Å². The zero-order valence-corrected chi connectivity index (χ0v) is 18.0. The number of aryl methyl sites for hydroxylation is 1. The number of pyridine rings is 2. The zero-order valence-electron chi connectivity index (χ0n) is 18.0. The molecule has 4 aromatic heterocycles. The lowest BCUT2D eigenvalue weighted by atomic mass is 10.1. The Kier molecular flexibility index (Phi) is 5.20. The van der Waals surface area contributed by atoms with Gasteiger partial charge in [0.2, 0.25) is 0 Å². The Morgan fingerprint density at radius 1 is 1.12 bits per heavy atom. The molecule has 0 aliphatic carbocycles. The third-order valence-corrected chi connectivity index (χ3v) is 5.58. The molecular formula is C22H22F3N7O. The second-order valence-corrected chi connectivity index (χ2v) is 8.12. The van der Waals surface area contributed by atoms with Crippen molar-refractivity contribution in [3.05, 3.63) is 54.5 Å². The van der Waals surface area contributed by atoms with Crippen LogP contribution < -0.4 is 10.1 Å². The SMILES string of the molecule is CN1CC[C@H](Oc2cnn(C)c2-c2ccn3nc(Nc4cccc(C(F)(F)F)n4)cc3c2)C1. The molecule has 11 heteroatoms. The molecular weight excluding hydrogens is 435 g/mol. The van der Waals surface area contributed by atoms with Gasteiger partial charge in [-0.2, -0.15) is 23.4 Å². The van der Waals surface area contributed by atoms with E-state index in [9.17, 15) is 13.2 Å². The number of nitrogens with one attached hydrogen (secondary N) is 1. The molecule has 1 saturated heterocycles. The van der Waals surface area contributed by atoms with Crippen LogP contribution in [-0.4, -0.2) is 55.5 Å². The lowest BCUT2D eigenvalue weighted by molar-refractivity contribution is -0.141.